The first-order chi connectivity index (χ1) is 15.5. The molecule has 3 heterocycles. The molecule has 6 nitrogen and oxygen atoms in total. The predicted molar refractivity (Wildman–Crippen MR) is 121 cm³/mol. The second-order valence-corrected chi connectivity index (χ2v) is 8.83. The highest BCUT2D eigenvalue weighted by atomic mass is 19.3. The van der Waals surface area contributed by atoms with Gasteiger partial charge in [-0.25, -0.2) is 9.97 Å². The normalized spacial score (nSPS) is 18.3. The monoisotopic (exact) mass is 439 g/mol. The maximum Gasteiger partial charge on any atom is 0.387 e. The molecule has 1 spiro atoms. The van der Waals surface area contributed by atoms with Crippen LogP contribution in [0.25, 0.3) is 27.7 Å². The van der Waals surface area contributed by atoms with E-state index in [1.165, 1.54) is 24.7 Å². The Morgan fingerprint density at radius 2 is 1.88 bits per heavy atom. The van der Waals surface area contributed by atoms with E-state index in [2.05, 4.69) is 30.7 Å². The lowest BCUT2D eigenvalue weighted by atomic mass is 9.68. The standard InChI is InChI=1S/C24H27F2N5O/c1-31-20(16-6-8-24(9-7-16)10-12-28-13-11-24)18(19-21(27)29-14-30-22(19)31)15-2-4-17(5-3-15)32-23(25)26/h2-6,14,23,28H,7-13H2,1H3,(H2,27,29,30). The number of nitrogen functional groups attached to an aromatic ring is 1. The number of hydrogen-bond donors (Lipinski definition) is 2. The third-order valence-electron chi connectivity index (χ3n) is 7.04. The van der Waals surface area contributed by atoms with Crippen LogP contribution in [0.3, 0.4) is 0 Å². The first-order valence-corrected chi connectivity index (χ1v) is 11.0. The van der Waals surface area contributed by atoms with E-state index < -0.39 is 6.61 Å². The number of aromatic nitrogens is 3. The second-order valence-electron chi connectivity index (χ2n) is 8.83. The van der Waals surface area contributed by atoms with Gasteiger partial charge in [-0.15, -0.1) is 0 Å². The Bertz CT molecular complexity index is 1160. The molecule has 0 saturated carbocycles. The fraction of sp³-hybridized carbons (Fsp3) is 0.417. The van der Waals surface area contributed by atoms with Gasteiger partial charge in [-0.2, -0.15) is 8.78 Å². The summed E-state index contributed by atoms with van der Waals surface area (Å²) >= 11 is 0. The van der Waals surface area contributed by atoms with E-state index in [4.69, 9.17) is 5.73 Å². The van der Waals surface area contributed by atoms with E-state index in [1.54, 1.807) is 24.3 Å². The molecule has 32 heavy (non-hydrogen) atoms. The summed E-state index contributed by atoms with van der Waals surface area (Å²) in [5, 5.41) is 4.26. The first kappa shape index (κ1) is 20.9. The minimum atomic E-state index is -2.85. The largest absolute Gasteiger partial charge is 0.435 e. The van der Waals surface area contributed by atoms with Crippen LogP contribution in [0.4, 0.5) is 14.6 Å². The van der Waals surface area contributed by atoms with Crippen molar-refractivity contribution < 1.29 is 13.5 Å². The number of nitrogens with two attached hydrogens (primary N) is 1. The van der Waals surface area contributed by atoms with E-state index in [0.717, 1.165) is 60.2 Å². The Morgan fingerprint density at radius 3 is 2.53 bits per heavy atom. The molecule has 168 valence electrons. The van der Waals surface area contributed by atoms with Gasteiger partial charge in [-0.3, -0.25) is 0 Å². The van der Waals surface area contributed by atoms with Crippen LogP contribution in [0.2, 0.25) is 0 Å². The number of anilines is 1. The van der Waals surface area contributed by atoms with E-state index in [0.29, 0.717) is 11.2 Å². The van der Waals surface area contributed by atoms with Gasteiger partial charge < -0.3 is 20.4 Å². The van der Waals surface area contributed by atoms with E-state index >= 15 is 0 Å². The average Bonchev–Trinajstić information content (AvgIpc) is 3.09. The number of rotatable bonds is 4. The highest BCUT2D eigenvalue weighted by molar-refractivity contribution is 6.05. The van der Waals surface area contributed by atoms with Gasteiger partial charge in [0.1, 0.15) is 23.5 Å². The zero-order valence-electron chi connectivity index (χ0n) is 18.1. The summed E-state index contributed by atoms with van der Waals surface area (Å²) in [6.07, 6.45) is 9.48. The van der Waals surface area contributed by atoms with Crippen LogP contribution in [-0.4, -0.2) is 34.2 Å². The van der Waals surface area contributed by atoms with Crippen molar-refractivity contribution in [3.8, 4) is 16.9 Å². The quantitative estimate of drug-likeness (QED) is 0.613. The number of benzene rings is 1. The molecule has 3 aromatic rings. The highest BCUT2D eigenvalue weighted by Crippen LogP contribution is 2.48. The van der Waals surface area contributed by atoms with Crippen LogP contribution in [0.1, 0.15) is 37.8 Å². The average molecular weight is 440 g/mol. The van der Waals surface area contributed by atoms with Crippen LogP contribution in [0.5, 0.6) is 5.75 Å². The smallest absolute Gasteiger partial charge is 0.387 e. The number of hydrogen-bond acceptors (Lipinski definition) is 5. The molecule has 2 aromatic heterocycles. The number of allylic oxidation sites excluding steroid dienone is 2. The van der Waals surface area contributed by atoms with Crippen molar-refractivity contribution in [3.05, 3.63) is 42.4 Å². The molecule has 0 bridgehead atoms. The van der Waals surface area contributed by atoms with Gasteiger partial charge in [-0.1, -0.05) is 18.2 Å². The number of piperidine rings is 1. The molecule has 0 unspecified atom stereocenters. The minimum Gasteiger partial charge on any atom is -0.435 e. The van der Waals surface area contributed by atoms with Crippen LogP contribution < -0.4 is 15.8 Å². The lowest BCUT2D eigenvalue weighted by Crippen LogP contribution is -2.37. The van der Waals surface area contributed by atoms with Crippen molar-refractivity contribution in [3.63, 3.8) is 0 Å². The summed E-state index contributed by atoms with van der Waals surface area (Å²) in [5.74, 6) is 0.533. The number of ether oxygens (including phenoxy) is 1. The van der Waals surface area contributed by atoms with Crippen molar-refractivity contribution in [1.29, 1.82) is 0 Å². The Kier molecular flexibility index (Phi) is 5.33. The Labute approximate surface area is 185 Å². The van der Waals surface area contributed by atoms with Gasteiger partial charge in [0.25, 0.3) is 0 Å². The van der Waals surface area contributed by atoms with Gasteiger partial charge in [0.2, 0.25) is 0 Å². The predicted octanol–water partition coefficient (Wildman–Crippen LogP) is 4.76. The molecule has 1 aliphatic heterocycles. The Balaban J connectivity index is 1.62. The molecule has 0 amide bonds. The van der Waals surface area contributed by atoms with Crippen LogP contribution >= 0.6 is 0 Å². The van der Waals surface area contributed by atoms with Crippen LogP contribution in [-0.2, 0) is 7.05 Å². The van der Waals surface area contributed by atoms with Gasteiger partial charge in [0.05, 0.1) is 11.1 Å². The lowest BCUT2D eigenvalue weighted by molar-refractivity contribution is -0.0498. The molecule has 8 heteroatoms. The molecule has 1 aromatic carbocycles. The van der Waals surface area contributed by atoms with Crippen molar-refractivity contribution in [1.82, 2.24) is 19.9 Å². The van der Waals surface area contributed by atoms with Gasteiger partial charge in [0, 0.05) is 12.6 Å². The van der Waals surface area contributed by atoms with Crippen molar-refractivity contribution in [2.45, 2.75) is 38.7 Å². The van der Waals surface area contributed by atoms with Crippen molar-refractivity contribution >= 4 is 22.4 Å². The summed E-state index contributed by atoms with van der Waals surface area (Å²) in [6, 6.07) is 6.70. The molecule has 1 saturated heterocycles. The maximum atomic E-state index is 12.6. The number of fused-ring (bicyclic) bond motifs is 1. The maximum absolute atomic E-state index is 12.6. The molecule has 1 fully saturated rings. The summed E-state index contributed by atoms with van der Waals surface area (Å²) in [5.41, 5.74) is 11.6. The number of halogens is 2. The van der Waals surface area contributed by atoms with E-state index in [-0.39, 0.29) is 5.75 Å². The summed E-state index contributed by atoms with van der Waals surface area (Å²) in [6.45, 7) is -0.684. The molecule has 2 aliphatic rings. The highest BCUT2D eigenvalue weighted by Gasteiger charge is 2.35. The molecule has 1 aliphatic carbocycles. The van der Waals surface area contributed by atoms with Crippen molar-refractivity contribution in [2.24, 2.45) is 12.5 Å². The van der Waals surface area contributed by atoms with Gasteiger partial charge >= 0.3 is 6.61 Å². The molecule has 3 N–H and O–H groups in total. The SMILES string of the molecule is Cn1c(C2=CCC3(CCNCC3)CC2)c(-c2ccc(OC(F)F)cc2)c2c(N)ncnc21. The summed E-state index contributed by atoms with van der Waals surface area (Å²) in [4.78, 5) is 8.72. The fourth-order valence-electron chi connectivity index (χ4n) is 5.31. The lowest BCUT2D eigenvalue weighted by Gasteiger charge is -2.40. The number of nitrogens with zero attached hydrogens (tertiary/aromatic N) is 3. The third-order valence-corrected chi connectivity index (χ3v) is 7.04. The minimum absolute atomic E-state index is 0.125. The number of aryl methyl sites for hydroxylation is 1. The third kappa shape index (κ3) is 3.62. The second kappa shape index (κ2) is 8.16. The van der Waals surface area contributed by atoms with Gasteiger partial charge in [-0.05, 0) is 73.9 Å². The Hall–Kier alpha value is -3.00. The molecule has 0 atom stereocenters. The zero-order valence-corrected chi connectivity index (χ0v) is 18.1. The van der Waals surface area contributed by atoms with Gasteiger partial charge in [0.15, 0.2) is 0 Å². The number of nitrogens with one attached hydrogen (secondary N) is 1. The van der Waals surface area contributed by atoms with E-state index in [1.807, 2.05) is 7.05 Å². The molecular formula is C24H27F2N5O. The zero-order chi connectivity index (χ0) is 22.3. The summed E-state index contributed by atoms with van der Waals surface area (Å²) < 4.78 is 31.8. The molecule has 5 rings (SSSR count). The summed E-state index contributed by atoms with van der Waals surface area (Å²) in [7, 11) is 2.00. The number of alkyl halides is 2. The molecule has 0 radical (unpaired) electrons. The van der Waals surface area contributed by atoms with Crippen LogP contribution in [0, 0.1) is 5.41 Å². The van der Waals surface area contributed by atoms with E-state index in [9.17, 15) is 8.78 Å². The van der Waals surface area contributed by atoms with Crippen LogP contribution in [0.15, 0.2) is 36.7 Å². The fourth-order valence-corrected chi connectivity index (χ4v) is 5.31. The topological polar surface area (TPSA) is 78.0 Å². The Morgan fingerprint density at radius 1 is 1.12 bits per heavy atom. The molecular weight excluding hydrogens is 412 g/mol. The first-order valence-electron chi connectivity index (χ1n) is 11.0. The van der Waals surface area contributed by atoms with Crippen molar-refractivity contribution in [2.75, 3.05) is 18.8 Å².